The third-order valence-electron chi connectivity index (χ3n) is 8.64. The van der Waals surface area contributed by atoms with Gasteiger partial charge < -0.3 is 24.4 Å². The number of carbonyl (C=O) groups is 1. The Morgan fingerprint density at radius 1 is 1.02 bits per heavy atom. The van der Waals surface area contributed by atoms with E-state index >= 15 is 4.39 Å². The van der Waals surface area contributed by atoms with Crippen LogP contribution in [0.5, 0.6) is 11.5 Å². The van der Waals surface area contributed by atoms with Gasteiger partial charge in [-0.25, -0.2) is 4.39 Å². The molecule has 8 nitrogen and oxygen atoms in total. The van der Waals surface area contributed by atoms with E-state index in [2.05, 4.69) is 36.6 Å². The van der Waals surface area contributed by atoms with E-state index < -0.39 is 11.4 Å². The number of aliphatic imine (C=N–C) groups is 1. The number of amidine groups is 1. The lowest BCUT2D eigenvalue weighted by molar-refractivity contribution is 0.0921. The summed E-state index contributed by atoms with van der Waals surface area (Å²) in [6.07, 6.45) is 0.792. The minimum absolute atomic E-state index is 0.0446. The number of ether oxygens (including phenoxy) is 2. The van der Waals surface area contributed by atoms with E-state index in [0.717, 1.165) is 49.4 Å². The molecule has 2 aliphatic rings. The number of aliphatic hydroxyl groups is 1. The number of carbonyl (C=O) groups excluding carboxylic acids is 1. The summed E-state index contributed by atoms with van der Waals surface area (Å²) in [6.45, 7) is 21.6. The number of anilines is 1. The number of halogens is 1. The third-order valence-corrected chi connectivity index (χ3v) is 8.64. The summed E-state index contributed by atoms with van der Waals surface area (Å²) in [4.78, 5) is 25.6. The van der Waals surface area contributed by atoms with Crippen molar-refractivity contribution in [1.82, 2.24) is 9.80 Å². The first-order chi connectivity index (χ1) is 20.9. The fourth-order valence-electron chi connectivity index (χ4n) is 6.04. The van der Waals surface area contributed by atoms with Gasteiger partial charge in [-0.3, -0.25) is 14.7 Å². The first-order valence-corrected chi connectivity index (χ1v) is 16.1. The van der Waals surface area contributed by atoms with E-state index in [-0.39, 0.29) is 30.1 Å². The fraction of sp³-hybridized carbons (Fsp3) is 0.600. The van der Waals surface area contributed by atoms with Gasteiger partial charge in [0.1, 0.15) is 5.84 Å². The molecule has 2 aromatic rings. The van der Waals surface area contributed by atoms with Crippen LogP contribution in [0.3, 0.4) is 0 Å². The second-order valence-electron chi connectivity index (χ2n) is 13.2. The summed E-state index contributed by atoms with van der Waals surface area (Å²) in [5.74, 6) is 0.389. The monoisotopic (exact) mass is 610 g/mol. The van der Waals surface area contributed by atoms with Crippen molar-refractivity contribution in [3.05, 3.63) is 52.3 Å². The van der Waals surface area contributed by atoms with Crippen LogP contribution in [-0.4, -0.2) is 92.2 Å². The standard InChI is InChI=1S/C35H51FN4O4/c1-9-12-37-33-30-27(22-29(43-10-2)32(31(30)36)44-11-3)35(7,8)40(33)23-28(42)24-19-25(34(4,5)6)21-26(20-24)39-15-13-38(14-16-39)17-18-41/h19-22,41H,9-18,23H2,1-8H3. The topological polar surface area (TPSA) is 77.8 Å². The van der Waals surface area contributed by atoms with E-state index in [1.807, 2.05) is 57.7 Å². The minimum Gasteiger partial charge on any atom is -0.490 e. The van der Waals surface area contributed by atoms with Crippen LogP contribution in [-0.2, 0) is 11.0 Å². The molecule has 0 radical (unpaired) electrons. The molecule has 0 spiro atoms. The van der Waals surface area contributed by atoms with Crippen molar-refractivity contribution in [2.24, 2.45) is 4.99 Å². The van der Waals surface area contributed by atoms with Crippen molar-refractivity contribution < 1.29 is 23.8 Å². The fourth-order valence-corrected chi connectivity index (χ4v) is 6.04. The molecule has 2 heterocycles. The molecule has 0 unspecified atom stereocenters. The minimum atomic E-state index is -0.720. The predicted molar refractivity (Wildman–Crippen MR) is 175 cm³/mol. The van der Waals surface area contributed by atoms with E-state index in [9.17, 15) is 9.90 Å². The average Bonchev–Trinajstić information content (AvgIpc) is 3.19. The molecule has 0 aliphatic carbocycles. The zero-order chi connectivity index (χ0) is 32.2. The van der Waals surface area contributed by atoms with Gasteiger partial charge in [0, 0.05) is 50.5 Å². The van der Waals surface area contributed by atoms with Gasteiger partial charge in [-0.2, -0.15) is 0 Å². The Morgan fingerprint density at radius 2 is 1.70 bits per heavy atom. The summed E-state index contributed by atoms with van der Waals surface area (Å²) in [7, 11) is 0. The number of ketones is 1. The number of β-amino-alcohol motifs (C(OH)–C–C–N with tert-alkyl or cyclic N) is 1. The number of Topliss-reactive ketones (excluding diaryl/α,β-unsaturated/α-hetero) is 1. The molecule has 0 aromatic heterocycles. The number of piperazine rings is 1. The van der Waals surface area contributed by atoms with Crippen LogP contribution in [0.25, 0.3) is 0 Å². The van der Waals surface area contributed by atoms with Gasteiger partial charge in [0.05, 0.1) is 37.5 Å². The summed E-state index contributed by atoms with van der Waals surface area (Å²) in [6, 6.07) is 8.06. The number of benzene rings is 2. The van der Waals surface area contributed by atoms with Crippen molar-refractivity contribution in [1.29, 1.82) is 0 Å². The van der Waals surface area contributed by atoms with Gasteiger partial charge in [0.2, 0.25) is 0 Å². The van der Waals surface area contributed by atoms with Gasteiger partial charge in [-0.05, 0) is 74.9 Å². The lowest BCUT2D eigenvalue weighted by Crippen LogP contribution is -2.47. The highest BCUT2D eigenvalue weighted by molar-refractivity contribution is 6.08. The number of rotatable bonds is 12. The molecule has 1 saturated heterocycles. The largest absolute Gasteiger partial charge is 0.490 e. The average molecular weight is 611 g/mol. The molecular weight excluding hydrogens is 559 g/mol. The van der Waals surface area contributed by atoms with Crippen LogP contribution in [0.4, 0.5) is 10.1 Å². The van der Waals surface area contributed by atoms with Crippen LogP contribution in [0, 0.1) is 5.82 Å². The van der Waals surface area contributed by atoms with Gasteiger partial charge >= 0.3 is 0 Å². The first-order valence-electron chi connectivity index (χ1n) is 16.1. The molecule has 0 amide bonds. The Morgan fingerprint density at radius 3 is 2.30 bits per heavy atom. The molecule has 44 heavy (non-hydrogen) atoms. The van der Waals surface area contributed by atoms with Gasteiger partial charge in [0.25, 0.3) is 0 Å². The van der Waals surface area contributed by atoms with Crippen molar-refractivity contribution in [3.8, 4) is 11.5 Å². The molecule has 0 saturated carbocycles. The molecule has 9 heteroatoms. The third kappa shape index (κ3) is 6.89. The first kappa shape index (κ1) is 33.7. The Balaban J connectivity index is 1.74. The van der Waals surface area contributed by atoms with Crippen molar-refractivity contribution in [2.45, 2.75) is 72.8 Å². The zero-order valence-corrected chi connectivity index (χ0v) is 27.9. The lowest BCUT2D eigenvalue weighted by atomic mass is 9.85. The molecule has 4 rings (SSSR count). The summed E-state index contributed by atoms with van der Waals surface area (Å²) >= 11 is 0. The number of hydrogen-bond donors (Lipinski definition) is 1. The van der Waals surface area contributed by atoms with E-state index in [1.54, 1.807) is 0 Å². The number of fused-ring (bicyclic) bond motifs is 1. The summed E-state index contributed by atoms with van der Waals surface area (Å²) in [5, 5.41) is 9.35. The summed E-state index contributed by atoms with van der Waals surface area (Å²) < 4.78 is 27.8. The highest BCUT2D eigenvalue weighted by Crippen LogP contribution is 2.46. The SMILES string of the molecule is CCCN=C1c2c(cc(OCC)c(OCC)c2F)C(C)(C)N1CC(=O)c1cc(N2CCN(CCO)CC2)cc(C(C)(C)C)c1. The van der Waals surface area contributed by atoms with Crippen LogP contribution in [0.1, 0.15) is 88.9 Å². The molecule has 242 valence electrons. The maximum absolute atomic E-state index is 16.3. The maximum atomic E-state index is 16.3. The Hall–Kier alpha value is -3.17. The van der Waals surface area contributed by atoms with E-state index in [4.69, 9.17) is 14.5 Å². The zero-order valence-electron chi connectivity index (χ0n) is 27.9. The van der Waals surface area contributed by atoms with E-state index in [1.165, 1.54) is 0 Å². The van der Waals surface area contributed by atoms with Crippen molar-refractivity contribution in [3.63, 3.8) is 0 Å². The number of hydrogen-bond acceptors (Lipinski definition) is 7. The normalized spacial score (nSPS) is 17.7. The second-order valence-corrected chi connectivity index (χ2v) is 13.2. The maximum Gasteiger partial charge on any atom is 0.197 e. The van der Waals surface area contributed by atoms with Gasteiger partial charge in [-0.15, -0.1) is 0 Å². The quantitative estimate of drug-likeness (QED) is 0.313. The highest BCUT2D eigenvalue weighted by Gasteiger charge is 2.46. The Kier molecular flexibility index (Phi) is 10.6. The van der Waals surface area contributed by atoms with E-state index in [0.29, 0.717) is 49.0 Å². The Bertz CT molecular complexity index is 1360. The van der Waals surface area contributed by atoms with Crippen LogP contribution >= 0.6 is 0 Å². The van der Waals surface area contributed by atoms with Crippen molar-refractivity contribution >= 4 is 17.3 Å². The second kappa shape index (κ2) is 13.9. The molecular formula is C35H51FN4O4. The molecule has 2 aliphatic heterocycles. The van der Waals surface area contributed by atoms with Crippen molar-refractivity contribution in [2.75, 3.05) is 70.5 Å². The van der Waals surface area contributed by atoms with Crippen LogP contribution < -0.4 is 14.4 Å². The molecule has 1 fully saturated rings. The van der Waals surface area contributed by atoms with Gasteiger partial charge in [-0.1, -0.05) is 27.7 Å². The molecule has 2 aromatic carbocycles. The Labute approximate surface area is 262 Å². The highest BCUT2D eigenvalue weighted by atomic mass is 19.1. The summed E-state index contributed by atoms with van der Waals surface area (Å²) in [5.41, 5.74) is 2.99. The smallest absolute Gasteiger partial charge is 0.197 e. The van der Waals surface area contributed by atoms with Crippen LogP contribution in [0.15, 0.2) is 29.3 Å². The number of aliphatic hydroxyl groups excluding tert-OH is 1. The predicted octanol–water partition coefficient (Wildman–Crippen LogP) is 5.63. The van der Waals surface area contributed by atoms with Crippen LogP contribution in [0.2, 0.25) is 0 Å². The number of nitrogens with zero attached hydrogens (tertiary/aromatic N) is 4. The lowest BCUT2D eigenvalue weighted by Gasteiger charge is -2.37. The van der Waals surface area contributed by atoms with Gasteiger partial charge in [0.15, 0.2) is 23.1 Å². The molecule has 0 bridgehead atoms. The molecule has 1 N–H and O–H groups in total. The molecule has 0 atom stereocenters.